The third kappa shape index (κ3) is 6.92. The van der Waals surface area contributed by atoms with Gasteiger partial charge in [-0.25, -0.2) is 18.4 Å². The van der Waals surface area contributed by atoms with Crippen LogP contribution in [-0.2, 0) is 22.9 Å². The average molecular weight is 637 g/mol. The monoisotopic (exact) mass is 636 g/mol. The summed E-state index contributed by atoms with van der Waals surface area (Å²) in [5.74, 6) is 0.233. The van der Waals surface area contributed by atoms with E-state index < -0.39 is 22.7 Å². The van der Waals surface area contributed by atoms with Crippen molar-refractivity contribution in [3.8, 4) is 10.4 Å². The summed E-state index contributed by atoms with van der Waals surface area (Å²) in [5.41, 5.74) is 3.16. The minimum Gasteiger partial charge on any atom is -0.362 e. The summed E-state index contributed by atoms with van der Waals surface area (Å²) < 4.78 is 51.7. The van der Waals surface area contributed by atoms with Crippen LogP contribution < -0.4 is 10.9 Å². The smallest absolute Gasteiger partial charge is 0.255 e. The highest BCUT2D eigenvalue weighted by Crippen LogP contribution is 2.36. The van der Waals surface area contributed by atoms with Crippen LogP contribution in [0.5, 0.6) is 0 Å². The van der Waals surface area contributed by atoms with E-state index in [0.717, 1.165) is 62.1 Å². The lowest BCUT2D eigenvalue weighted by Crippen LogP contribution is -2.30. The Morgan fingerprint density at radius 2 is 1.73 bits per heavy atom. The molecule has 6 rings (SSSR count). The number of sulfone groups is 1. The topological polar surface area (TPSA) is 97.2 Å². The second-order valence-electron chi connectivity index (χ2n) is 12.2. The first-order valence-electron chi connectivity index (χ1n) is 17.2. The number of fused-ring (bicyclic) bond motifs is 4. The summed E-state index contributed by atoms with van der Waals surface area (Å²) in [6.07, 6.45) is 8.37. The van der Waals surface area contributed by atoms with E-state index in [4.69, 9.17) is 4.11 Å². The van der Waals surface area contributed by atoms with Crippen LogP contribution in [0.1, 0.15) is 90.3 Å². The van der Waals surface area contributed by atoms with E-state index in [-0.39, 0.29) is 23.0 Å². The Bertz CT molecular complexity index is 1880. The first-order chi connectivity index (χ1) is 22.5. The molecule has 0 saturated carbocycles. The van der Waals surface area contributed by atoms with Gasteiger partial charge in [0, 0.05) is 32.5 Å². The van der Waals surface area contributed by atoms with Gasteiger partial charge in [0.1, 0.15) is 27.6 Å². The number of rotatable bonds is 1. The van der Waals surface area contributed by atoms with Gasteiger partial charge in [0.25, 0.3) is 5.56 Å². The van der Waals surface area contributed by atoms with Gasteiger partial charge in [-0.15, -0.1) is 11.3 Å². The van der Waals surface area contributed by atoms with E-state index in [2.05, 4.69) is 45.4 Å². The lowest BCUT2D eigenvalue weighted by atomic mass is 9.93. The molecule has 8 nitrogen and oxygen atoms in total. The summed E-state index contributed by atoms with van der Waals surface area (Å²) in [5, 5.41) is 3.82. The number of aromatic nitrogens is 3. The van der Waals surface area contributed by atoms with Crippen LogP contribution in [0.3, 0.4) is 0 Å². The highest BCUT2D eigenvalue weighted by Gasteiger charge is 2.28. The van der Waals surface area contributed by atoms with Crippen molar-refractivity contribution in [2.45, 2.75) is 83.3 Å². The van der Waals surface area contributed by atoms with E-state index in [0.29, 0.717) is 46.7 Å². The predicted molar refractivity (Wildman–Crippen MR) is 180 cm³/mol. The Kier molecular flexibility index (Phi) is 8.36. The van der Waals surface area contributed by atoms with Crippen LogP contribution in [0.4, 0.5) is 5.82 Å². The molecule has 6 bridgehead atoms. The molecule has 2 aliphatic rings. The third-order valence-electron chi connectivity index (χ3n) is 8.99. The molecule has 2 aliphatic heterocycles. The van der Waals surface area contributed by atoms with Gasteiger partial charge in [-0.05, 0) is 81.4 Å². The maximum atomic E-state index is 14.0. The minimum atomic E-state index is -3.12. The zero-order valence-corrected chi connectivity index (χ0v) is 26.9. The van der Waals surface area contributed by atoms with Gasteiger partial charge in [-0.3, -0.25) is 9.36 Å². The molecule has 10 heteroatoms. The molecular formula is C34H43N5O3S2. The molecular weight excluding hydrogens is 591 g/mol. The number of nitrogens with zero attached hydrogens (tertiary/aromatic N) is 4. The molecule has 44 heavy (non-hydrogen) atoms. The molecule has 0 amide bonds. The number of hydrogen-bond acceptors (Lipinski definition) is 8. The van der Waals surface area contributed by atoms with E-state index in [1.807, 2.05) is 18.2 Å². The SMILES string of the molecule is [2H]C([2H])([2H])[C@H]1Nc2ncnc3c2cc(C2CCS(=O)(=O)CC2)c(=O)n3CCCCCCCCN(C)Cc2ccccc2-c2ccc1s2. The number of anilines is 1. The molecule has 234 valence electrons. The maximum absolute atomic E-state index is 14.0. The Labute approximate surface area is 268 Å². The average Bonchev–Trinajstić information content (AvgIpc) is 3.51. The van der Waals surface area contributed by atoms with Crippen LogP contribution in [0.2, 0.25) is 0 Å². The summed E-state index contributed by atoms with van der Waals surface area (Å²) >= 11 is 1.46. The van der Waals surface area contributed by atoms with Crippen molar-refractivity contribution < 1.29 is 12.5 Å². The Balaban J connectivity index is 1.45. The van der Waals surface area contributed by atoms with Crippen LogP contribution >= 0.6 is 11.3 Å². The minimum absolute atomic E-state index is 0.0479. The molecule has 4 aromatic rings. The van der Waals surface area contributed by atoms with Crippen molar-refractivity contribution in [2.75, 3.05) is 30.4 Å². The third-order valence-corrected chi connectivity index (χ3v) is 11.9. The molecule has 0 radical (unpaired) electrons. The molecule has 5 heterocycles. The summed E-state index contributed by atoms with van der Waals surface area (Å²) in [6.45, 7) is -0.124. The molecule has 3 aromatic heterocycles. The number of aryl methyl sites for hydroxylation is 1. The van der Waals surface area contributed by atoms with Crippen LogP contribution in [0.25, 0.3) is 21.5 Å². The largest absolute Gasteiger partial charge is 0.362 e. The first kappa shape index (κ1) is 27.2. The molecule has 1 atom stereocenters. The highest BCUT2D eigenvalue weighted by atomic mass is 32.2. The van der Waals surface area contributed by atoms with Crippen LogP contribution in [-0.4, -0.2) is 53.0 Å². The van der Waals surface area contributed by atoms with E-state index in [1.165, 1.54) is 23.2 Å². The fourth-order valence-electron chi connectivity index (χ4n) is 6.51. The lowest BCUT2D eigenvalue weighted by Gasteiger charge is -2.24. The van der Waals surface area contributed by atoms with E-state index >= 15 is 0 Å². The van der Waals surface area contributed by atoms with Crippen molar-refractivity contribution in [1.29, 1.82) is 0 Å². The van der Waals surface area contributed by atoms with Crippen molar-refractivity contribution in [3.63, 3.8) is 0 Å². The van der Waals surface area contributed by atoms with Gasteiger partial charge in [0.15, 0.2) is 0 Å². The predicted octanol–water partition coefficient (Wildman–Crippen LogP) is 6.77. The molecule has 1 fully saturated rings. The van der Waals surface area contributed by atoms with Gasteiger partial charge < -0.3 is 10.2 Å². The van der Waals surface area contributed by atoms with Crippen LogP contribution in [0.15, 0.2) is 53.6 Å². The standard InChI is InChI=1S/C34H43N5O3S2/c1-24-30-13-14-31(43-30)27-12-8-7-11-26(27)22-38(2)17-9-5-3-4-6-10-18-39-33-29(32(37-24)35-23-36-33)21-28(34(39)40)25-15-19-44(41,42)20-16-25/h7-8,11-14,21,23-25H,3-6,9-10,15-20,22H2,1-2H3,(H,35,36,37)/t24-/m1/s1/i1D3. The van der Waals surface area contributed by atoms with Crippen molar-refractivity contribution in [2.24, 2.45) is 0 Å². The normalized spacial score (nSPS) is 22.2. The quantitative estimate of drug-likeness (QED) is 0.246. The Morgan fingerprint density at radius 3 is 2.52 bits per heavy atom. The molecule has 0 spiro atoms. The Hall–Kier alpha value is -3.08. The van der Waals surface area contributed by atoms with Gasteiger partial charge >= 0.3 is 0 Å². The molecule has 1 aromatic carbocycles. The van der Waals surface area contributed by atoms with Crippen molar-refractivity contribution >= 4 is 38.0 Å². The van der Waals surface area contributed by atoms with Gasteiger partial charge in [0.2, 0.25) is 0 Å². The van der Waals surface area contributed by atoms with E-state index in [1.54, 1.807) is 10.6 Å². The van der Waals surface area contributed by atoms with Gasteiger partial charge in [-0.2, -0.15) is 0 Å². The molecule has 0 unspecified atom stereocenters. The maximum Gasteiger partial charge on any atom is 0.255 e. The molecule has 1 saturated heterocycles. The summed E-state index contributed by atoms with van der Waals surface area (Å²) in [7, 11) is -0.970. The number of nitrogens with one attached hydrogen (secondary N) is 1. The van der Waals surface area contributed by atoms with Crippen molar-refractivity contribution in [1.82, 2.24) is 19.4 Å². The fraction of sp³-hybridized carbons (Fsp3) is 0.500. The van der Waals surface area contributed by atoms with Crippen LogP contribution in [0, 0.1) is 0 Å². The second kappa shape index (κ2) is 13.5. The summed E-state index contributed by atoms with van der Waals surface area (Å²) in [6, 6.07) is 12.9. The molecule has 1 N–H and O–H groups in total. The zero-order valence-electron chi connectivity index (χ0n) is 28.3. The number of thiophene rings is 1. The zero-order chi connectivity index (χ0) is 33.2. The number of hydrogen-bond donors (Lipinski definition) is 1. The summed E-state index contributed by atoms with van der Waals surface area (Å²) in [4.78, 5) is 27.1. The van der Waals surface area contributed by atoms with E-state index in [9.17, 15) is 13.2 Å². The highest BCUT2D eigenvalue weighted by molar-refractivity contribution is 7.91. The fourth-order valence-corrected chi connectivity index (χ4v) is 9.01. The van der Waals surface area contributed by atoms with Gasteiger partial charge in [-0.1, -0.05) is 49.9 Å². The first-order valence-corrected chi connectivity index (χ1v) is 18.4. The molecule has 0 aliphatic carbocycles. The second-order valence-corrected chi connectivity index (χ2v) is 15.7. The van der Waals surface area contributed by atoms with Crippen molar-refractivity contribution in [3.05, 3.63) is 75.1 Å². The number of benzene rings is 1. The van der Waals surface area contributed by atoms with Gasteiger partial charge in [0.05, 0.1) is 22.9 Å². The lowest BCUT2D eigenvalue weighted by molar-refractivity contribution is 0.316. The number of pyridine rings is 1. The Morgan fingerprint density at radius 1 is 0.977 bits per heavy atom.